The summed E-state index contributed by atoms with van der Waals surface area (Å²) in [5.74, 6) is 0.142. The molecule has 0 saturated carbocycles. The van der Waals surface area contributed by atoms with Crippen molar-refractivity contribution < 1.29 is 34.7 Å². The summed E-state index contributed by atoms with van der Waals surface area (Å²) >= 11 is 0. The fourth-order valence-corrected chi connectivity index (χ4v) is 4.72. The first kappa shape index (κ1) is 25.2. The van der Waals surface area contributed by atoms with E-state index >= 15 is 0 Å². The fraction of sp³-hybridized carbons (Fsp3) is 0.783. The van der Waals surface area contributed by atoms with Crippen LogP contribution in [0.3, 0.4) is 0 Å². The first-order chi connectivity index (χ1) is 14.0. The predicted molar refractivity (Wildman–Crippen MR) is 113 cm³/mol. The van der Waals surface area contributed by atoms with Crippen LogP contribution in [0.2, 0.25) is 0 Å². The van der Waals surface area contributed by atoms with E-state index in [1.54, 1.807) is 13.0 Å². The highest BCUT2D eigenvalue weighted by Gasteiger charge is 2.48. The molecule has 1 fully saturated rings. The van der Waals surface area contributed by atoms with Crippen molar-refractivity contribution in [2.45, 2.75) is 97.1 Å². The third-order valence-electron chi connectivity index (χ3n) is 6.68. The average Bonchev–Trinajstić information content (AvgIpc) is 2.67. The Morgan fingerprint density at radius 1 is 1.27 bits per heavy atom. The number of hydrogen-bond donors (Lipinski definition) is 4. The molecule has 2 aliphatic rings. The summed E-state index contributed by atoms with van der Waals surface area (Å²) in [6, 6.07) is 0. The summed E-state index contributed by atoms with van der Waals surface area (Å²) in [6.45, 7) is 9.67. The third kappa shape index (κ3) is 5.03. The van der Waals surface area contributed by atoms with Gasteiger partial charge < -0.3 is 29.9 Å². The minimum atomic E-state index is -1.47. The standard InChI is InChI=1S/C23H38O7/c1-6-7-9-23(14(2)11-16(25)12-22(23,4)5)10-8-15(3)29-21-20(28)19(27)18(26)17(13-24)30-21/h8,10-11,15,17-21,24,26-28H,6-7,9,12-13H2,1-5H3/b10-8+/t15?,17-,18-,19+,20-,21-,23+/m1/s1. The minimum Gasteiger partial charge on any atom is -0.394 e. The Bertz CT molecular complexity index is 654. The van der Waals surface area contributed by atoms with Crippen LogP contribution in [0, 0.1) is 10.8 Å². The molecule has 1 aliphatic carbocycles. The van der Waals surface area contributed by atoms with Gasteiger partial charge in [-0.25, -0.2) is 0 Å². The molecule has 7 heteroatoms. The van der Waals surface area contributed by atoms with Gasteiger partial charge in [-0.15, -0.1) is 0 Å². The molecule has 7 atom stereocenters. The van der Waals surface area contributed by atoms with Crippen molar-refractivity contribution in [1.82, 2.24) is 0 Å². The molecule has 4 N–H and O–H groups in total. The normalized spacial score (nSPS) is 38.0. The van der Waals surface area contributed by atoms with Crippen LogP contribution in [-0.2, 0) is 14.3 Å². The molecule has 1 saturated heterocycles. The van der Waals surface area contributed by atoms with Crippen LogP contribution in [-0.4, -0.2) is 69.6 Å². The summed E-state index contributed by atoms with van der Waals surface area (Å²) in [5.41, 5.74) is 0.495. The molecule has 0 bridgehead atoms. The molecule has 7 nitrogen and oxygen atoms in total. The minimum absolute atomic E-state index is 0.142. The van der Waals surface area contributed by atoms with Crippen LogP contribution in [0.4, 0.5) is 0 Å². The van der Waals surface area contributed by atoms with Crippen molar-refractivity contribution in [2.75, 3.05) is 6.61 Å². The highest BCUT2D eigenvalue weighted by Crippen LogP contribution is 2.54. The molecule has 2 rings (SSSR count). The molecule has 30 heavy (non-hydrogen) atoms. The van der Waals surface area contributed by atoms with Crippen molar-refractivity contribution in [1.29, 1.82) is 0 Å². The van der Waals surface area contributed by atoms with Crippen molar-refractivity contribution in [3.8, 4) is 0 Å². The highest BCUT2D eigenvalue weighted by molar-refractivity contribution is 5.92. The first-order valence-electron chi connectivity index (χ1n) is 10.9. The number of unbranched alkanes of at least 4 members (excludes halogenated alkanes) is 1. The lowest BCUT2D eigenvalue weighted by Gasteiger charge is -2.49. The largest absolute Gasteiger partial charge is 0.394 e. The quantitative estimate of drug-likeness (QED) is 0.438. The number of aliphatic hydroxyl groups is 4. The molecule has 0 spiro atoms. The number of carbonyl (C=O) groups is 1. The van der Waals surface area contributed by atoms with Gasteiger partial charge in [-0.05, 0) is 31.8 Å². The van der Waals surface area contributed by atoms with E-state index in [2.05, 4.69) is 26.8 Å². The Balaban J connectivity index is 2.21. The SMILES string of the molecule is CCCC[C@]1(/C=C/C(C)O[C@@H]2O[C@H](CO)[C@@H](O)[C@H](O)[C@H]2O)C(C)=CC(=O)CC1(C)C. The van der Waals surface area contributed by atoms with E-state index in [1.165, 1.54) is 0 Å². The second-order valence-electron chi connectivity index (χ2n) is 9.33. The lowest BCUT2D eigenvalue weighted by Crippen LogP contribution is -2.59. The number of ether oxygens (including phenoxy) is 2. The zero-order valence-electron chi connectivity index (χ0n) is 18.7. The number of allylic oxidation sites excluding steroid dienone is 3. The zero-order chi connectivity index (χ0) is 22.7. The van der Waals surface area contributed by atoms with Gasteiger partial charge >= 0.3 is 0 Å². The number of rotatable bonds is 8. The molecule has 0 aromatic rings. The number of aliphatic hydroxyl groups excluding tert-OH is 4. The summed E-state index contributed by atoms with van der Waals surface area (Å²) in [4.78, 5) is 12.2. The van der Waals surface area contributed by atoms with E-state index in [1.807, 2.05) is 13.0 Å². The Kier molecular flexibility index (Phi) is 8.41. The second kappa shape index (κ2) is 10.0. The van der Waals surface area contributed by atoms with Crippen LogP contribution in [0.15, 0.2) is 23.8 Å². The van der Waals surface area contributed by atoms with Crippen LogP contribution >= 0.6 is 0 Å². The molecular weight excluding hydrogens is 388 g/mol. The summed E-state index contributed by atoms with van der Waals surface area (Å²) in [6.07, 6.45) is 2.23. The van der Waals surface area contributed by atoms with E-state index in [4.69, 9.17) is 9.47 Å². The monoisotopic (exact) mass is 426 g/mol. The maximum atomic E-state index is 12.2. The Morgan fingerprint density at radius 2 is 1.93 bits per heavy atom. The smallest absolute Gasteiger partial charge is 0.187 e. The predicted octanol–water partition coefficient (Wildman–Crippen LogP) is 1.87. The van der Waals surface area contributed by atoms with Gasteiger partial charge in [0.2, 0.25) is 0 Å². The Labute approximate surface area is 179 Å². The summed E-state index contributed by atoms with van der Waals surface area (Å²) in [7, 11) is 0. The van der Waals surface area contributed by atoms with Gasteiger partial charge in [-0.3, -0.25) is 4.79 Å². The van der Waals surface area contributed by atoms with Crippen LogP contribution in [0.5, 0.6) is 0 Å². The average molecular weight is 427 g/mol. The van der Waals surface area contributed by atoms with E-state index in [0.717, 1.165) is 24.8 Å². The van der Waals surface area contributed by atoms with E-state index in [0.29, 0.717) is 6.42 Å². The number of hydrogen-bond acceptors (Lipinski definition) is 7. The van der Waals surface area contributed by atoms with Crippen LogP contribution in [0.25, 0.3) is 0 Å². The van der Waals surface area contributed by atoms with Crippen molar-refractivity contribution in [2.24, 2.45) is 10.8 Å². The van der Waals surface area contributed by atoms with Gasteiger partial charge in [0.15, 0.2) is 12.1 Å². The van der Waals surface area contributed by atoms with Gasteiger partial charge in [-0.2, -0.15) is 0 Å². The van der Waals surface area contributed by atoms with Crippen molar-refractivity contribution in [3.05, 3.63) is 23.8 Å². The molecule has 0 aromatic heterocycles. The number of carbonyl (C=O) groups excluding carboxylic acids is 1. The van der Waals surface area contributed by atoms with Gasteiger partial charge in [-0.1, -0.05) is 51.3 Å². The molecule has 1 heterocycles. The summed E-state index contributed by atoms with van der Waals surface area (Å²) in [5, 5.41) is 39.4. The second-order valence-corrected chi connectivity index (χ2v) is 9.33. The maximum absolute atomic E-state index is 12.2. The molecular formula is C23H38O7. The van der Waals surface area contributed by atoms with Crippen molar-refractivity contribution in [3.63, 3.8) is 0 Å². The molecule has 1 unspecified atom stereocenters. The Morgan fingerprint density at radius 3 is 2.50 bits per heavy atom. The topological polar surface area (TPSA) is 116 Å². The van der Waals surface area contributed by atoms with Crippen LogP contribution < -0.4 is 0 Å². The van der Waals surface area contributed by atoms with Crippen LogP contribution in [0.1, 0.15) is 60.3 Å². The molecule has 1 aliphatic heterocycles. The summed E-state index contributed by atoms with van der Waals surface area (Å²) < 4.78 is 11.2. The highest BCUT2D eigenvalue weighted by atomic mass is 16.7. The lowest BCUT2D eigenvalue weighted by molar-refractivity contribution is -0.306. The molecule has 0 aromatic carbocycles. The van der Waals surface area contributed by atoms with Crippen molar-refractivity contribution >= 4 is 5.78 Å². The lowest BCUT2D eigenvalue weighted by atomic mass is 9.55. The zero-order valence-corrected chi connectivity index (χ0v) is 18.7. The maximum Gasteiger partial charge on any atom is 0.187 e. The van der Waals surface area contributed by atoms with Gasteiger partial charge in [0.05, 0.1) is 12.7 Å². The van der Waals surface area contributed by atoms with E-state index in [-0.39, 0.29) is 16.6 Å². The first-order valence-corrected chi connectivity index (χ1v) is 10.9. The third-order valence-corrected chi connectivity index (χ3v) is 6.68. The molecule has 172 valence electrons. The van der Waals surface area contributed by atoms with Gasteiger partial charge in [0.1, 0.15) is 24.4 Å². The Hall–Kier alpha value is -1.09. The number of ketones is 1. The van der Waals surface area contributed by atoms with Gasteiger partial charge in [0, 0.05) is 11.8 Å². The fourth-order valence-electron chi connectivity index (χ4n) is 4.72. The van der Waals surface area contributed by atoms with Gasteiger partial charge in [0.25, 0.3) is 0 Å². The van der Waals surface area contributed by atoms with E-state index < -0.39 is 43.4 Å². The molecule has 0 radical (unpaired) electrons. The van der Waals surface area contributed by atoms with E-state index in [9.17, 15) is 25.2 Å². The molecule has 0 amide bonds.